The molecule has 0 aliphatic rings. The number of carboxylic acid groups (broad SMARTS) is 1. The zero-order chi connectivity index (χ0) is 12.0. The molecule has 86 valence electrons. The highest BCUT2D eigenvalue weighted by Gasteiger charge is 2.11. The molecule has 0 aromatic heterocycles. The van der Waals surface area contributed by atoms with Gasteiger partial charge in [-0.25, -0.2) is 4.79 Å². The van der Waals surface area contributed by atoms with Crippen LogP contribution in [0.1, 0.15) is 17.3 Å². The third-order valence-electron chi connectivity index (χ3n) is 1.99. The minimum Gasteiger partial charge on any atom is -0.497 e. The number of rotatable bonds is 5. The number of benzene rings is 1. The van der Waals surface area contributed by atoms with Gasteiger partial charge in [-0.05, 0) is 19.1 Å². The maximum absolute atomic E-state index is 10.9. The Morgan fingerprint density at radius 2 is 2.25 bits per heavy atom. The average molecular weight is 222 g/mol. The summed E-state index contributed by atoms with van der Waals surface area (Å²) in [6, 6.07) is 4.62. The summed E-state index contributed by atoms with van der Waals surface area (Å²) in [6.07, 6.45) is 3.63. The highest BCUT2D eigenvalue weighted by Crippen LogP contribution is 2.24. The lowest BCUT2D eigenvalue weighted by Crippen LogP contribution is -2.03. The molecule has 4 nitrogen and oxygen atoms in total. The van der Waals surface area contributed by atoms with Crippen molar-refractivity contribution >= 4 is 5.97 Å². The molecule has 16 heavy (non-hydrogen) atoms. The number of hydrogen-bond donors (Lipinski definition) is 1. The van der Waals surface area contributed by atoms with Gasteiger partial charge in [-0.3, -0.25) is 0 Å². The van der Waals surface area contributed by atoms with Gasteiger partial charge < -0.3 is 14.6 Å². The molecule has 0 bridgehead atoms. The van der Waals surface area contributed by atoms with Crippen molar-refractivity contribution in [1.82, 2.24) is 0 Å². The van der Waals surface area contributed by atoms with E-state index >= 15 is 0 Å². The van der Waals surface area contributed by atoms with Crippen LogP contribution in [-0.2, 0) is 0 Å². The fourth-order valence-corrected chi connectivity index (χ4v) is 1.16. The Hall–Kier alpha value is -1.97. The number of carbonyl (C=O) groups is 1. The Bertz CT molecular complexity index is 396. The van der Waals surface area contributed by atoms with Crippen molar-refractivity contribution in [3.63, 3.8) is 0 Å². The first-order chi connectivity index (χ1) is 7.69. The standard InChI is InChI=1S/C12H14O4/c1-3-4-7-16-11-8-9(15-2)5-6-10(11)12(13)14/h3-6,8H,7H2,1-2H3,(H,13,14). The molecule has 0 saturated heterocycles. The highest BCUT2D eigenvalue weighted by atomic mass is 16.5. The number of methoxy groups -OCH3 is 1. The molecule has 0 radical (unpaired) electrons. The van der Waals surface area contributed by atoms with Gasteiger partial charge in [-0.1, -0.05) is 12.2 Å². The predicted molar refractivity (Wildman–Crippen MR) is 60.3 cm³/mol. The fraction of sp³-hybridized carbons (Fsp3) is 0.250. The van der Waals surface area contributed by atoms with Crippen molar-refractivity contribution in [2.24, 2.45) is 0 Å². The first-order valence-corrected chi connectivity index (χ1v) is 4.84. The number of aromatic carboxylic acids is 1. The summed E-state index contributed by atoms with van der Waals surface area (Å²) in [7, 11) is 1.52. The summed E-state index contributed by atoms with van der Waals surface area (Å²) < 4.78 is 10.3. The maximum atomic E-state index is 10.9. The van der Waals surface area contributed by atoms with Gasteiger partial charge in [-0.2, -0.15) is 0 Å². The number of carboxylic acids is 1. The second-order valence-electron chi connectivity index (χ2n) is 3.05. The van der Waals surface area contributed by atoms with E-state index in [2.05, 4.69) is 0 Å². The maximum Gasteiger partial charge on any atom is 0.339 e. The van der Waals surface area contributed by atoms with Gasteiger partial charge in [0.15, 0.2) is 0 Å². The Morgan fingerprint density at radius 3 is 2.81 bits per heavy atom. The van der Waals surface area contributed by atoms with E-state index in [0.29, 0.717) is 18.1 Å². The molecule has 0 fully saturated rings. The van der Waals surface area contributed by atoms with Crippen LogP contribution in [0.4, 0.5) is 0 Å². The molecule has 4 heteroatoms. The van der Waals surface area contributed by atoms with Gasteiger partial charge in [0.05, 0.1) is 7.11 Å². The summed E-state index contributed by atoms with van der Waals surface area (Å²) in [5.41, 5.74) is 0.130. The van der Waals surface area contributed by atoms with Gasteiger partial charge in [-0.15, -0.1) is 0 Å². The van der Waals surface area contributed by atoms with Crippen LogP contribution in [0.15, 0.2) is 30.4 Å². The molecule has 0 atom stereocenters. The molecule has 0 aliphatic carbocycles. The SMILES string of the molecule is CC=CCOc1cc(OC)ccc1C(=O)O. The lowest BCUT2D eigenvalue weighted by atomic mass is 10.2. The predicted octanol–water partition coefficient (Wildman–Crippen LogP) is 2.35. The van der Waals surface area contributed by atoms with E-state index in [-0.39, 0.29) is 5.56 Å². The second-order valence-corrected chi connectivity index (χ2v) is 3.05. The van der Waals surface area contributed by atoms with Gasteiger partial charge in [0.2, 0.25) is 0 Å². The summed E-state index contributed by atoms with van der Waals surface area (Å²) in [5.74, 6) is -0.136. The van der Waals surface area contributed by atoms with Crippen LogP contribution in [0.2, 0.25) is 0 Å². The lowest BCUT2D eigenvalue weighted by molar-refractivity contribution is 0.0692. The van der Waals surface area contributed by atoms with Crippen molar-refractivity contribution in [2.75, 3.05) is 13.7 Å². The van der Waals surface area contributed by atoms with Crippen LogP contribution < -0.4 is 9.47 Å². The van der Waals surface area contributed by atoms with Gasteiger partial charge in [0, 0.05) is 6.07 Å². The van der Waals surface area contributed by atoms with Crippen LogP contribution in [0.3, 0.4) is 0 Å². The molecule has 1 aromatic carbocycles. The molecular weight excluding hydrogens is 208 g/mol. The molecule has 0 heterocycles. The Kier molecular flexibility index (Phi) is 4.39. The summed E-state index contributed by atoms with van der Waals surface area (Å²) in [5, 5.41) is 8.95. The average Bonchev–Trinajstić information content (AvgIpc) is 2.29. The summed E-state index contributed by atoms with van der Waals surface area (Å²) >= 11 is 0. The molecule has 1 aromatic rings. The van der Waals surface area contributed by atoms with E-state index < -0.39 is 5.97 Å². The van der Waals surface area contributed by atoms with Crippen LogP contribution in [0.5, 0.6) is 11.5 Å². The van der Waals surface area contributed by atoms with E-state index in [1.54, 1.807) is 18.2 Å². The first kappa shape index (κ1) is 12.1. The minimum absolute atomic E-state index is 0.130. The van der Waals surface area contributed by atoms with Gasteiger partial charge >= 0.3 is 5.97 Å². The smallest absolute Gasteiger partial charge is 0.339 e. The van der Waals surface area contributed by atoms with Crippen LogP contribution in [0, 0.1) is 0 Å². The zero-order valence-corrected chi connectivity index (χ0v) is 9.27. The van der Waals surface area contributed by atoms with E-state index in [1.165, 1.54) is 13.2 Å². The summed E-state index contributed by atoms with van der Waals surface area (Å²) in [4.78, 5) is 10.9. The van der Waals surface area contributed by atoms with Crippen molar-refractivity contribution in [2.45, 2.75) is 6.92 Å². The van der Waals surface area contributed by atoms with E-state index in [0.717, 1.165) is 0 Å². The van der Waals surface area contributed by atoms with E-state index in [1.807, 2.05) is 13.0 Å². The summed E-state index contributed by atoms with van der Waals surface area (Å²) in [6.45, 7) is 2.21. The molecule has 1 N–H and O–H groups in total. The molecule has 0 amide bonds. The Morgan fingerprint density at radius 1 is 1.50 bits per heavy atom. The normalized spacial score (nSPS) is 10.4. The van der Waals surface area contributed by atoms with Crippen molar-refractivity contribution in [3.05, 3.63) is 35.9 Å². The van der Waals surface area contributed by atoms with Crippen LogP contribution in [0.25, 0.3) is 0 Å². The number of allylic oxidation sites excluding steroid dienone is 1. The third-order valence-corrected chi connectivity index (χ3v) is 1.99. The zero-order valence-electron chi connectivity index (χ0n) is 9.27. The highest BCUT2D eigenvalue weighted by molar-refractivity contribution is 5.91. The topological polar surface area (TPSA) is 55.8 Å². The molecule has 0 saturated carbocycles. The fourth-order valence-electron chi connectivity index (χ4n) is 1.16. The van der Waals surface area contributed by atoms with Crippen LogP contribution in [-0.4, -0.2) is 24.8 Å². The molecular formula is C12H14O4. The van der Waals surface area contributed by atoms with E-state index in [9.17, 15) is 4.79 Å². The number of hydrogen-bond acceptors (Lipinski definition) is 3. The molecule has 0 unspecified atom stereocenters. The van der Waals surface area contributed by atoms with E-state index in [4.69, 9.17) is 14.6 Å². The van der Waals surface area contributed by atoms with Crippen LogP contribution >= 0.6 is 0 Å². The quantitative estimate of drug-likeness (QED) is 0.777. The van der Waals surface area contributed by atoms with Crippen molar-refractivity contribution in [1.29, 1.82) is 0 Å². The van der Waals surface area contributed by atoms with Gasteiger partial charge in [0.25, 0.3) is 0 Å². The monoisotopic (exact) mass is 222 g/mol. The second kappa shape index (κ2) is 5.80. The Balaban J connectivity index is 2.95. The van der Waals surface area contributed by atoms with Crippen molar-refractivity contribution < 1.29 is 19.4 Å². The lowest BCUT2D eigenvalue weighted by Gasteiger charge is -2.08. The third kappa shape index (κ3) is 3.02. The first-order valence-electron chi connectivity index (χ1n) is 4.84. The van der Waals surface area contributed by atoms with Gasteiger partial charge in [0.1, 0.15) is 23.7 Å². The van der Waals surface area contributed by atoms with Crippen molar-refractivity contribution in [3.8, 4) is 11.5 Å². The molecule has 0 spiro atoms. The molecule has 0 aliphatic heterocycles. The molecule has 1 rings (SSSR count). The Labute approximate surface area is 94.1 Å². The largest absolute Gasteiger partial charge is 0.497 e. The minimum atomic E-state index is -1.02. The number of ether oxygens (including phenoxy) is 2.